The highest BCUT2D eigenvalue weighted by atomic mass is 79.9. The number of pyridine rings is 1. The van der Waals surface area contributed by atoms with Crippen LogP contribution in [0.1, 0.15) is 50.3 Å². The van der Waals surface area contributed by atoms with E-state index in [-0.39, 0.29) is 41.4 Å². The minimum Gasteiger partial charge on any atom is -0.507 e. The zero-order valence-electron chi connectivity index (χ0n) is 23.0. The van der Waals surface area contributed by atoms with Gasteiger partial charge in [-0.05, 0) is 85.4 Å². The minimum absolute atomic E-state index is 0.0816. The third-order valence-electron chi connectivity index (χ3n) is 8.56. The second-order valence-electron chi connectivity index (χ2n) is 11.0. The third-order valence-corrected chi connectivity index (χ3v) is 9.06. The summed E-state index contributed by atoms with van der Waals surface area (Å²) in [6.07, 6.45) is 7.53. The van der Waals surface area contributed by atoms with Gasteiger partial charge in [-0.2, -0.15) is 0 Å². The number of benzene rings is 2. The molecule has 1 aromatic heterocycles. The largest absolute Gasteiger partial charge is 0.507 e. The first kappa shape index (κ1) is 27.6. The number of carbonyl (C=O) groups excluding carboxylic acids is 2. The van der Waals surface area contributed by atoms with Crippen molar-refractivity contribution in [2.75, 3.05) is 11.5 Å². The van der Waals surface area contributed by atoms with E-state index in [1.54, 1.807) is 12.3 Å². The summed E-state index contributed by atoms with van der Waals surface area (Å²) in [6.45, 7) is 2.61. The Morgan fingerprint density at radius 1 is 1.07 bits per heavy atom. The summed E-state index contributed by atoms with van der Waals surface area (Å²) in [4.78, 5) is 33.3. The predicted molar refractivity (Wildman–Crippen MR) is 163 cm³/mol. The standard InChI is InChI=1S/C34H33BrN2O4/c1-2-8-22-19-26-32(34(40)37(33(26)39)25-9-4-3-5-10-25)27-20-41-30(31(22)27)15-12-21(28-11-6-7-16-36-28)17-23-18-24(35)13-14-29(23)38/h3-7,9-11,13-14,16-18,26-27,30,32,38H,2,8,12,15,19-20H2,1H3/b21-17-/t26-,27+,30-,32-/m1/s1. The van der Waals surface area contributed by atoms with Gasteiger partial charge in [-0.3, -0.25) is 19.5 Å². The number of carbonyl (C=O) groups is 2. The normalized spacial score (nSPS) is 24.1. The van der Waals surface area contributed by atoms with Crippen molar-refractivity contribution in [1.29, 1.82) is 0 Å². The number of rotatable bonds is 8. The van der Waals surface area contributed by atoms with Crippen molar-refractivity contribution in [1.82, 2.24) is 4.98 Å². The zero-order chi connectivity index (χ0) is 28.5. The fraction of sp³-hybridized carbons (Fsp3) is 0.324. The number of phenolic OH excluding ortho intramolecular Hbond substituents is 1. The molecule has 210 valence electrons. The van der Waals surface area contributed by atoms with Crippen LogP contribution >= 0.6 is 15.9 Å². The van der Waals surface area contributed by atoms with E-state index in [4.69, 9.17) is 4.74 Å². The Kier molecular flexibility index (Phi) is 7.91. The Hall–Kier alpha value is -3.55. The summed E-state index contributed by atoms with van der Waals surface area (Å²) in [7, 11) is 0. The van der Waals surface area contributed by atoms with E-state index in [0.717, 1.165) is 35.0 Å². The Bertz CT molecular complexity index is 1520. The highest BCUT2D eigenvalue weighted by Gasteiger charge is 2.57. The number of phenols is 1. The molecule has 2 fully saturated rings. The molecule has 4 atom stereocenters. The van der Waals surface area contributed by atoms with Crippen LogP contribution < -0.4 is 4.90 Å². The first-order chi connectivity index (χ1) is 20.0. The number of halogens is 1. The minimum atomic E-state index is -0.382. The molecule has 3 aliphatic rings. The van der Waals surface area contributed by atoms with Gasteiger partial charge in [0, 0.05) is 22.2 Å². The molecule has 1 aliphatic carbocycles. The number of fused-ring (bicyclic) bond motifs is 3. The van der Waals surface area contributed by atoms with Gasteiger partial charge in [-0.15, -0.1) is 0 Å². The number of nitrogens with zero attached hydrogens (tertiary/aromatic N) is 2. The van der Waals surface area contributed by atoms with Crippen LogP contribution in [0.5, 0.6) is 5.75 Å². The molecule has 7 heteroatoms. The molecule has 2 aliphatic heterocycles. The second-order valence-corrected chi connectivity index (χ2v) is 12.0. The van der Waals surface area contributed by atoms with Gasteiger partial charge in [-0.1, -0.05) is 59.1 Å². The number of amides is 2. The summed E-state index contributed by atoms with van der Waals surface area (Å²) in [5.74, 6) is -0.778. The number of ether oxygens (including phenoxy) is 1. The fourth-order valence-corrected chi connectivity index (χ4v) is 7.16. The number of allylic oxidation sites excluding steroid dienone is 2. The van der Waals surface area contributed by atoms with Crippen molar-refractivity contribution in [3.63, 3.8) is 0 Å². The van der Waals surface area contributed by atoms with Crippen molar-refractivity contribution < 1.29 is 19.4 Å². The van der Waals surface area contributed by atoms with Gasteiger partial charge >= 0.3 is 0 Å². The molecule has 2 amide bonds. The highest BCUT2D eigenvalue weighted by molar-refractivity contribution is 9.10. The Labute approximate surface area is 248 Å². The van der Waals surface area contributed by atoms with Crippen LogP contribution in [0, 0.1) is 17.8 Å². The molecule has 3 heterocycles. The fourth-order valence-electron chi connectivity index (χ4n) is 6.79. The molecule has 0 bridgehead atoms. The van der Waals surface area contributed by atoms with Gasteiger partial charge in [0.2, 0.25) is 11.8 Å². The van der Waals surface area contributed by atoms with Crippen LogP contribution in [-0.2, 0) is 14.3 Å². The summed E-state index contributed by atoms with van der Waals surface area (Å²) in [5.41, 5.74) is 5.72. The molecular formula is C34H33BrN2O4. The van der Waals surface area contributed by atoms with Crippen molar-refractivity contribution >= 4 is 45.1 Å². The maximum Gasteiger partial charge on any atom is 0.238 e. The quantitative estimate of drug-likeness (QED) is 0.215. The zero-order valence-corrected chi connectivity index (χ0v) is 24.6. The molecule has 2 saturated heterocycles. The van der Waals surface area contributed by atoms with Gasteiger partial charge in [0.25, 0.3) is 0 Å². The third kappa shape index (κ3) is 5.29. The Balaban J connectivity index is 1.29. The predicted octanol–water partition coefficient (Wildman–Crippen LogP) is 7.19. The molecule has 41 heavy (non-hydrogen) atoms. The van der Waals surface area contributed by atoms with Crippen LogP contribution in [0.3, 0.4) is 0 Å². The maximum absolute atomic E-state index is 13.8. The Morgan fingerprint density at radius 2 is 1.88 bits per heavy atom. The second kappa shape index (κ2) is 11.7. The van der Waals surface area contributed by atoms with E-state index in [2.05, 4.69) is 27.8 Å². The highest BCUT2D eigenvalue weighted by Crippen LogP contribution is 2.51. The molecule has 0 saturated carbocycles. The van der Waals surface area contributed by atoms with Gasteiger partial charge < -0.3 is 9.84 Å². The molecule has 0 unspecified atom stereocenters. The van der Waals surface area contributed by atoms with Crippen LogP contribution in [0.2, 0.25) is 0 Å². The lowest BCUT2D eigenvalue weighted by Gasteiger charge is -2.32. The van der Waals surface area contributed by atoms with Crippen molar-refractivity contribution in [3.8, 4) is 5.75 Å². The average Bonchev–Trinajstić information content (AvgIpc) is 3.52. The van der Waals surface area contributed by atoms with Gasteiger partial charge in [0.05, 0.1) is 35.9 Å². The number of aromatic hydroxyl groups is 1. The van der Waals surface area contributed by atoms with E-state index in [9.17, 15) is 14.7 Å². The molecule has 1 N–H and O–H groups in total. The van der Waals surface area contributed by atoms with Crippen molar-refractivity contribution in [2.45, 2.75) is 45.1 Å². The first-order valence-corrected chi connectivity index (χ1v) is 15.1. The summed E-state index contributed by atoms with van der Waals surface area (Å²) in [5, 5.41) is 10.5. The van der Waals surface area contributed by atoms with Gasteiger partial charge in [-0.25, -0.2) is 0 Å². The number of hydrogen-bond donors (Lipinski definition) is 1. The molecule has 6 nitrogen and oxygen atoms in total. The molecule has 3 aromatic rings. The topological polar surface area (TPSA) is 79.7 Å². The van der Waals surface area contributed by atoms with Crippen LogP contribution in [-0.4, -0.2) is 34.6 Å². The van der Waals surface area contributed by atoms with Crippen LogP contribution in [0.4, 0.5) is 5.69 Å². The lowest BCUT2D eigenvalue weighted by molar-refractivity contribution is -0.122. The number of hydrogen-bond acceptors (Lipinski definition) is 5. The maximum atomic E-state index is 13.8. The average molecular weight is 614 g/mol. The molecule has 2 aromatic carbocycles. The number of imide groups is 1. The van der Waals surface area contributed by atoms with Gasteiger partial charge in [0.1, 0.15) is 5.75 Å². The van der Waals surface area contributed by atoms with E-state index in [1.807, 2.05) is 66.7 Å². The summed E-state index contributed by atoms with van der Waals surface area (Å²) >= 11 is 3.51. The van der Waals surface area contributed by atoms with Crippen LogP contribution in [0.25, 0.3) is 11.6 Å². The van der Waals surface area contributed by atoms with Crippen LogP contribution in [0.15, 0.2) is 88.5 Å². The lowest BCUT2D eigenvalue weighted by Crippen LogP contribution is -2.34. The SMILES string of the molecule is CCCC1=C2[C@@H](CC/C(=C/c3cc(Br)ccc3O)c3ccccn3)OC[C@@H]2[C@@H]2C(=O)N(c3ccccc3)C(=O)[C@@H]2C1. The molecule has 0 radical (unpaired) electrons. The van der Waals surface area contributed by atoms with Gasteiger partial charge in [0.15, 0.2) is 0 Å². The van der Waals surface area contributed by atoms with E-state index in [0.29, 0.717) is 30.7 Å². The smallest absolute Gasteiger partial charge is 0.238 e. The monoisotopic (exact) mass is 612 g/mol. The van der Waals surface area contributed by atoms with E-state index in [1.165, 1.54) is 16.0 Å². The molecule has 0 spiro atoms. The number of para-hydroxylation sites is 1. The van der Waals surface area contributed by atoms with Crippen molar-refractivity contribution in [3.05, 3.63) is 99.8 Å². The van der Waals surface area contributed by atoms with Crippen molar-refractivity contribution in [2.24, 2.45) is 17.8 Å². The van der Waals surface area contributed by atoms with E-state index >= 15 is 0 Å². The molecule has 6 rings (SSSR count). The lowest BCUT2D eigenvalue weighted by atomic mass is 9.68. The molecular weight excluding hydrogens is 580 g/mol. The first-order valence-electron chi connectivity index (χ1n) is 14.3. The number of aromatic nitrogens is 1. The Morgan fingerprint density at radius 3 is 2.63 bits per heavy atom. The number of anilines is 1. The summed E-state index contributed by atoms with van der Waals surface area (Å²) < 4.78 is 7.33. The summed E-state index contributed by atoms with van der Waals surface area (Å²) in [6, 6.07) is 20.5. The van der Waals surface area contributed by atoms with E-state index < -0.39 is 0 Å².